The lowest BCUT2D eigenvalue weighted by Gasteiger charge is -2.30. The summed E-state index contributed by atoms with van der Waals surface area (Å²) in [6.07, 6.45) is 0.476. The van der Waals surface area contributed by atoms with Gasteiger partial charge in [-0.05, 0) is 19.2 Å². The van der Waals surface area contributed by atoms with E-state index in [1.165, 1.54) is 0 Å². The van der Waals surface area contributed by atoms with E-state index in [-0.39, 0.29) is 18.4 Å². The SMILES string of the molecule is COc1cccc(OC)c1Cc1nc(C2CNCCN2C)no1.Cl. The average molecular weight is 355 g/mol. The Morgan fingerprint density at radius 3 is 2.62 bits per heavy atom. The van der Waals surface area contributed by atoms with E-state index in [1.807, 2.05) is 18.2 Å². The second-order valence-electron chi connectivity index (χ2n) is 5.56. The Morgan fingerprint density at radius 1 is 1.29 bits per heavy atom. The van der Waals surface area contributed by atoms with Crippen molar-refractivity contribution in [2.75, 3.05) is 40.9 Å². The minimum atomic E-state index is 0. The van der Waals surface area contributed by atoms with Crippen molar-refractivity contribution in [3.63, 3.8) is 0 Å². The van der Waals surface area contributed by atoms with E-state index in [2.05, 4.69) is 27.4 Å². The molecule has 1 atom stereocenters. The van der Waals surface area contributed by atoms with Gasteiger partial charge >= 0.3 is 0 Å². The van der Waals surface area contributed by atoms with Crippen molar-refractivity contribution in [2.24, 2.45) is 0 Å². The second kappa shape index (κ2) is 8.32. The van der Waals surface area contributed by atoms with Crippen molar-refractivity contribution in [2.45, 2.75) is 12.5 Å². The molecule has 24 heavy (non-hydrogen) atoms. The molecule has 1 aromatic carbocycles. The summed E-state index contributed by atoms with van der Waals surface area (Å²) in [6, 6.07) is 5.83. The molecule has 0 spiro atoms. The van der Waals surface area contributed by atoms with Crippen LogP contribution in [-0.2, 0) is 6.42 Å². The molecule has 1 saturated heterocycles. The molecule has 0 bridgehead atoms. The molecular weight excluding hydrogens is 332 g/mol. The first-order chi connectivity index (χ1) is 11.2. The van der Waals surface area contributed by atoms with Gasteiger partial charge in [0.2, 0.25) is 5.89 Å². The Labute approximate surface area is 147 Å². The van der Waals surface area contributed by atoms with Gasteiger partial charge < -0.3 is 19.3 Å². The molecule has 132 valence electrons. The molecule has 0 aliphatic carbocycles. The van der Waals surface area contributed by atoms with Gasteiger partial charge in [0.15, 0.2) is 5.82 Å². The van der Waals surface area contributed by atoms with E-state index in [0.29, 0.717) is 18.1 Å². The Hall–Kier alpha value is -1.83. The number of rotatable bonds is 5. The molecule has 0 radical (unpaired) electrons. The summed E-state index contributed by atoms with van der Waals surface area (Å²) in [5, 5.41) is 7.50. The maximum Gasteiger partial charge on any atom is 0.231 e. The number of hydrogen-bond acceptors (Lipinski definition) is 7. The summed E-state index contributed by atoms with van der Waals surface area (Å²) in [7, 11) is 5.35. The van der Waals surface area contributed by atoms with Crippen LogP contribution in [0.25, 0.3) is 0 Å². The zero-order valence-corrected chi connectivity index (χ0v) is 14.9. The van der Waals surface area contributed by atoms with Gasteiger partial charge in [-0.25, -0.2) is 0 Å². The third-order valence-electron chi connectivity index (χ3n) is 4.15. The highest BCUT2D eigenvalue weighted by molar-refractivity contribution is 5.85. The fourth-order valence-corrected chi connectivity index (χ4v) is 2.82. The van der Waals surface area contributed by atoms with Crippen LogP contribution in [0.3, 0.4) is 0 Å². The van der Waals surface area contributed by atoms with Crippen LogP contribution in [0.15, 0.2) is 22.7 Å². The normalized spacial score (nSPS) is 18.0. The third-order valence-corrected chi connectivity index (χ3v) is 4.15. The molecule has 1 N–H and O–H groups in total. The lowest BCUT2D eigenvalue weighted by molar-refractivity contribution is 0.190. The fourth-order valence-electron chi connectivity index (χ4n) is 2.82. The van der Waals surface area contributed by atoms with Gasteiger partial charge in [0, 0.05) is 25.2 Å². The van der Waals surface area contributed by atoms with Crippen LogP contribution in [0.2, 0.25) is 0 Å². The number of benzene rings is 1. The summed E-state index contributed by atoms with van der Waals surface area (Å²) in [4.78, 5) is 6.79. The van der Waals surface area contributed by atoms with Crippen LogP contribution in [0.1, 0.15) is 23.3 Å². The van der Waals surface area contributed by atoms with Crippen molar-refractivity contribution >= 4 is 12.4 Å². The Balaban J connectivity index is 0.00000208. The van der Waals surface area contributed by atoms with Gasteiger partial charge in [-0.2, -0.15) is 4.98 Å². The maximum atomic E-state index is 5.44. The second-order valence-corrected chi connectivity index (χ2v) is 5.56. The van der Waals surface area contributed by atoms with E-state index in [0.717, 1.165) is 36.7 Å². The monoisotopic (exact) mass is 354 g/mol. The Bertz CT molecular complexity index is 642. The molecule has 1 unspecified atom stereocenters. The van der Waals surface area contributed by atoms with E-state index < -0.39 is 0 Å². The van der Waals surface area contributed by atoms with Crippen LogP contribution in [0.5, 0.6) is 11.5 Å². The standard InChI is InChI=1S/C16H22N4O3.ClH/c1-20-8-7-17-10-12(20)16-18-15(23-19-16)9-11-13(21-2)5-4-6-14(11)22-3;/h4-6,12,17H,7-10H2,1-3H3;1H. The summed E-state index contributed by atoms with van der Waals surface area (Å²) < 4.78 is 16.3. The molecule has 0 saturated carbocycles. The smallest absolute Gasteiger partial charge is 0.231 e. The highest BCUT2D eigenvalue weighted by Gasteiger charge is 2.25. The van der Waals surface area contributed by atoms with E-state index in [4.69, 9.17) is 14.0 Å². The Kier molecular flexibility index (Phi) is 6.42. The predicted molar refractivity (Wildman–Crippen MR) is 92.1 cm³/mol. The molecule has 7 nitrogen and oxygen atoms in total. The van der Waals surface area contributed by atoms with Gasteiger partial charge in [-0.15, -0.1) is 12.4 Å². The number of likely N-dealkylation sites (N-methyl/N-ethyl adjacent to an activating group) is 1. The number of ether oxygens (including phenoxy) is 2. The highest BCUT2D eigenvalue weighted by Crippen LogP contribution is 2.30. The third kappa shape index (κ3) is 3.80. The first kappa shape index (κ1) is 18.5. The lowest BCUT2D eigenvalue weighted by atomic mass is 10.1. The fraction of sp³-hybridized carbons (Fsp3) is 0.500. The van der Waals surface area contributed by atoms with Gasteiger partial charge in [-0.1, -0.05) is 11.2 Å². The van der Waals surface area contributed by atoms with Gasteiger partial charge in [0.25, 0.3) is 0 Å². The van der Waals surface area contributed by atoms with Gasteiger partial charge in [0.05, 0.1) is 26.7 Å². The van der Waals surface area contributed by atoms with Crippen molar-refractivity contribution in [1.29, 1.82) is 0 Å². The molecular formula is C16H23ClN4O3. The number of aromatic nitrogens is 2. The molecule has 1 fully saturated rings. The maximum absolute atomic E-state index is 5.44. The number of methoxy groups -OCH3 is 2. The first-order valence-electron chi connectivity index (χ1n) is 7.66. The minimum Gasteiger partial charge on any atom is -0.496 e. The summed E-state index contributed by atoms with van der Waals surface area (Å²) >= 11 is 0. The molecule has 2 aromatic rings. The first-order valence-corrected chi connectivity index (χ1v) is 7.66. The molecule has 1 aliphatic heterocycles. The van der Waals surface area contributed by atoms with E-state index in [9.17, 15) is 0 Å². The quantitative estimate of drug-likeness (QED) is 0.875. The van der Waals surface area contributed by atoms with Crippen molar-refractivity contribution in [3.8, 4) is 11.5 Å². The zero-order valence-electron chi connectivity index (χ0n) is 14.1. The number of nitrogens with zero attached hydrogens (tertiary/aromatic N) is 3. The van der Waals surface area contributed by atoms with E-state index in [1.54, 1.807) is 14.2 Å². The van der Waals surface area contributed by atoms with Crippen LogP contribution in [0.4, 0.5) is 0 Å². The molecule has 8 heteroatoms. The lowest BCUT2D eigenvalue weighted by Crippen LogP contribution is -2.44. The average Bonchev–Trinajstić information content (AvgIpc) is 3.04. The molecule has 1 aromatic heterocycles. The van der Waals surface area contributed by atoms with Crippen molar-refractivity contribution < 1.29 is 14.0 Å². The molecule has 1 aliphatic rings. The topological polar surface area (TPSA) is 72.7 Å². The summed E-state index contributed by atoms with van der Waals surface area (Å²) in [5.74, 6) is 2.77. The summed E-state index contributed by atoms with van der Waals surface area (Å²) in [6.45, 7) is 2.78. The molecule has 0 amide bonds. The van der Waals surface area contributed by atoms with Crippen LogP contribution < -0.4 is 14.8 Å². The van der Waals surface area contributed by atoms with Gasteiger partial charge in [-0.3, -0.25) is 4.90 Å². The number of halogens is 1. The highest BCUT2D eigenvalue weighted by atomic mass is 35.5. The van der Waals surface area contributed by atoms with Gasteiger partial charge in [0.1, 0.15) is 11.5 Å². The number of piperazine rings is 1. The number of hydrogen-bond donors (Lipinski definition) is 1. The minimum absolute atomic E-state index is 0. The van der Waals surface area contributed by atoms with Crippen LogP contribution in [0, 0.1) is 0 Å². The number of nitrogens with one attached hydrogen (secondary N) is 1. The van der Waals surface area contributed by atoms with Crippen LogP contribution in [-0.4, -0.2) is 55.9 Å². The molecule has 3 rings (SSSR count). The molecule has 2 heterocycles. The van der Waals surface area contributed by atoms with E-state index >= 15 is 0 Å². The predicted octanol–water partition coefficient (Wildman–Crippen LogP) is 1.68. The Morgan fingerprint density at radius 2 is 2.00 bits per heavy atom. The zero-order chi connectivity index (χ0) is 16.2. The largest absolute Gasteiger partial charge is 0.496 e. The van der Waals surface area contributed by atoms with Crippen molar-refractivity contribution in [3.05, 3.63) is 35.5 Å². The van der Waals surface area contributed by atoms with Crippen LogP contribution >= 0.6 is 12.4 Å². The van der Waals surface area contributed by atoms with Crippen molar-refractivity contribution in [1.82, 2.24) is 20.4 Å². The summed E-state index contributed by atoms with van der Waals surface area (Å²) in [5.41, 5.74) is 0.905.